The summed E-state index contributed by atoms with van der Waals surface area (Å²) in [5.74, 6) is -2.12. The van der Waals surface area contributed by atoms with Gasteiger partial charge in [0.1, 0.15) is 11.5 Å². The van der Waals surface area contributed by atoms with E-state index < -0.39 is 23.5 Å². The number of amides is 3. The lowest BCUT2D eigenvalue weighted by molar-refractivity contribution is -0.123. The number of anilines is 1. The molecular weight excluding hydrogens is 451 g/mol. The minimum atomic E-state index is -0.511. The van der Waals surface area contributed by atoms with Crippen molar-refractivity contribution < 1.29 is 18.8 Å². The van der Waals surface area contributed by atoms with Crippen molar-refractivity contribution in [3.8, 4) is 0 Å². The van der Waals surface area contributed by atoms with Crippen molar-refractivity contribution in [3.63, 3.8) is 0 Å². The number of rotatable bonds is 7. The van der Waals surface area contributed by atoms with Crippen LogP contribution in [-0.2, 0) is 4.79 Å². The molecule has 2 aromatic rings. The molecule has 3 rings (SSSR count). The standard InChI is InChI=1S/C22H26ClFN6O3/c1-3-25-20(31)18-19(27-12-26-18)21(32)29-15-7-5-6-13(10-15)22(33)30(28-4-2)17-9-8-14(24)11-16(17)23/h4,8-9,11-13,15H,3,5-7,10H2,1-2H3,(H,25,31)(H,26,27)(H,29,32)/b28-4+/t13?,15-/m1/s1. The number of carbonyl (C=O) groups is 3. The highest BCUT2D eigenvalue weighted by Gasteiger charge is 2.33. The fraction of sp³-hybridized carbons (Fsp3) is 0.409. The molecule has 1 aliphatic rings. The highest BCUT2D eigenvalue weighted by atomic mass is 35.5. The lowest BCUT2D eigenvalue weighted by Crippen LogP contribution is -2.43. The monoisotopic (exact) mass is 476 g/mol. The Hall–Kier alpha value is -3.27. The lowest BCUT2D eigenvalue weighted by Gasteiger charge is -2.31. The number of halogens is 2. The van der Waals surface area contributed by atoms with Crippen LogP contribution in [0.15, 0.2) is 29.6 Å². The van der Waals surface area contributed by atoms with E-state index in [9.17, 15) is 18.8 Å². The summed E-state index contributed by atoms with van der Waals surface area (Å²) < 4.78 is 13.5. The van der Waals surface area contributed by atoms with Crippen LogP contribution >= 0.6 is 11.6 Å². The molecular formula is C22H26ClFN6O3. The van der Waals surface area contributed by atoms with Gasteiger partial charge in [-0.2, -0.15) is 10.1 Å². The maximum Gasteiger partial charge on any atom is 0.272 e. The summed E-state index contributed by atoms with van der Waals surface area (Å²) in [4.78, 5) is 44.8. The van der Waals surface area contributed by atoms with Gasteiger partial charge < -0.3 is 15.6 Å². The molecule has 33 heavy (non-hydrogen) atoms. The number of nitrogens with one attached hydrogen (secondary N) is 3. The molecule has 0 aliphatic heterocycles. The van der Waals surface area contributed by atoms with Crippen molar-refractivity contribution in [2.24, 2.45) is 11.0 Å². The summed E-state index contributed by atoms with van der Waals surface area (Å²) in [5, 5.41) is 10.9. The molecule has 1 aromatic heterocycles. The first-order chi connectivity index (χ1) is 15.8. The Morgan fingerprint density at radius 1 is 1.33 bits per heavy atom. The first-order valence-corrected chi connectivity index (χ1v) is 11.1. The van der Waals surface area contributed by atoms with Crippen LogP contribution in [0.4, 0.5) is 10.1 Å². The molecule has 0 bridgehead atoms. The van der Waals surface area contributed by atoms with Gasteiger partial charge in [-0.1, -0.05) is 18.0 Å². The third-order valence-corrected chi connectivity index (χ3v) is 5.66. The van der Waals surface area contributed by atoms with E-state index in [1.54, 1.807) is 13.8 Å². The van der Waals surface area contributed by atoms with Gasteiger partial charge in [0.05, 0.1) is 17.0 Å². The van der Waals surface area contributed by atoms with Crippen LogP contribution in [0.3, 0.4) is 0 Å². The smallest absolute Gasteiger partial charge is 0.272 e. The van der Waals surface area contributed by atoms with Gasteiger partial charge in [0.15, 0.2) is 5.69 Å². The van der Waals surface area contributed by atoms with E-state index in [0.29, 0.717) is 32.2 Å². The average molecular weight is 477 g/mol. The van der Waals surface area contributed by atoms with Crippen LogP contribution in [0, 0.1) is 11.7 Å². The molecule has 1 unspecified atom stereocenters. The first-order valence-electron chi connectivity index (χ1n) is 10.8. The summed E-state index contributed by atoms with van der Waals surface area (Å²) in [6, 6.07) is 3.48. The molecule has 3 N–H and O–H groups in total. The van der Waals surface area contributed by atoms with Crippen LogP contribution < -0.4 is 15.6 Å². The van der Waals surface area contributed by atoms with Gasteiger partial charge in [0, 0.05) is 24.7 Å². The molecule has 0 radical (unpaired) electrons. The zero-order chi connectivity index (χ0) is 24.0. The van der Waals surface area contributed by atoms with Crippen molar-refractivity contribution in [1.82, 2.24) is 20.6 Å². The Kier molecular flexibility index (Phi) is 8.16. The number of hydrogen-bond acceptors (Lipinski definition) is 5. The SMILES string of the molecule is C/C=N/N(C(=O)C1CCC[C@@H](NC(=O)c2[nH]cnc2C(=O)NCC)C1)c1ccc(F)cc1Cl. The molecule has 9 nitrogen and oxygen atoms in total. The molecule has 1 aliphatic carbocycles. The molecule has 0 saturated heterocycles. The summed E-state index contributed by atoms with van der Waals surface area (Å²) in [6.45, 7) is 3.85. The second-order valence-corrected chi connectivity index (χ2v) is 8.05. The van der Waals surface area contributed by atoms with Crippen LogP contribution in [0.1, 0.15) is 60.5 Å². The molecule has 1 aromatic carbocycles. The third kappa shape index (κ3) is 5.75. The molecule has 1 fully saturated rings. The third-order valence-electron chi connectivity index (χ3n) is 5.36. The summed E-state index contributed by atoms with van der Waals surface area (Å²) in [7, 11) is 0. The van der Waals surface area contributed by atoms with Crippen molar-refractivity contribution >= 4 is 41.2 Å². The van der Waals surface area contributed by atoms with E-state index in [0.717, 1.165) is 6.07 Å². The Morgan fingerprint density at radius 2 is 2.12 bits per heavy atom. The largest absolute Gasteiger partial charge is 0.351 e. The van der Waals surface area contributed by atoms with Gasteiger partial charge >= 0.3 is 0 Å². The highest BCUT2D eigenvalue weighted by molar-refractivity contribution is 6.33. The fourth-order valence-corrected chi connectivity index (χ4v) is 4.11. The van der Waals surface area contributed by atoms with Gasteiger partial charge in [-0.05, 0) is 51.3 Å². The van der Waals surface area contributed by atoms with Crippen molar-refractivity contribution in [2.75, 3.05) is 11.6 Å². The van der Waals surface area contributed by atoms with E-state index >= 15 is 0 Å². The number of nitrogens with zero attached hydrogens (tertiary/aromatic N) is 3. The van der Waals surface area contributed by atoms with Crippen molar-refractivity contribution in [1.29, 1.82) is 0 Å². The van der Waals surface area contributed by atoms with E-state index in [4.69, 9.17) is 11.6 Å². The van der Waals surface area contributed by atoms with Gasteiger partial charge in [0.25, 0.3) is 17.7 Å². The van der Waals surface area contributed by atoms with Crippen LogP contribution in [0.25, 0.3) is 0 Å². The van der Waals surface area contributed by atoms with Crippen molar-refractivity contribution in [3.05, 3.63) is 46.8 Å². The average Bonchev–Trinajstić information content (AvgIpc) is 3.28. The van der Waals surface area contributed by atoms with E-state index in [2.05, 4.69) is 25.7 Å². The normalized spacial score (nSPS) is 18.2. The van der Waals surface area contributed by atoms with Gasteiger partial charge in [-0.25, -0.2) is 9.37 Å². The maximum absolute atomic E-state index is 13.5. The van der Waals surface area contributed by atoms with Crippen molar-refractivity contribution in [2.45, 2.75) is 45.6 Å². The second kappa shape index (κ2) is 11.0. The molecule has 0 spiro atoms. The Bertz CT molecular complexity index is 1060. The Labute approximate surface area is 195 Å². The number of hydrogen-bond donors (Lipinski definition) is 3. The minimum Gasteiger partial charge on any atom is -0.351 e. The van der Waals surface area contributed by atoms with Gasteiger partial charge in [0.2, 0.25) is 0 Å². The number of hydrazone groups is 1. The van der Waals surface area contributed by atoms with E-state index in [-0.39, 0.29) is 34.0 Å². The quantitative estimate of drug-likeness (QED) is 0.419. The topological polar surface area (TPSA) is 120 Å². The second-order valence-electron chi connectivity index (χ2n) is 7.64. The maximum atomic E-state index is 13.5. The number of aromatic nitrogens is 2. The number of benzene rings is 1. The lowest BCUT2D eigenvalue weighted by atomic mass is 9.84. The predicted molar refractivity (Wildman–Crippen MR) is 123 cm³/mol. The zero-order valence-electron chi connectivity index (χ0n) is 18.4. The number of H-pyrrole nitrogens is 1. The molecule has 2 atom stereocenters. The van der Waals surface area contributed by atoms with Crippen LogP contribution in [-0.4, -0.2) is 46.5 Å². The first kappa shape index (κ1) is 24.4. The number of imidazole rings is 1. The number of carbonyl (C=O) groups excluding carboxylic acids is 3. The fourth-order valence-electron chi connectivity index (χ4n) is 3.87. The number of aromatic amines is 1. The molecule has 1 saturated carbocycles. The zero-order valence-corrected chi connectivity index (χ0v) is 19.2. The molecule has 176 valence electrons. The molecule has 1 heterocycles. The van der Waals surface area contributed by atoms with E-state index in [1.165, 1.54) is 29.7 Å². The highest BCUT2D eigenvalue weighted by Crippen LogP contribution is 2.32. The predicted octanol–water partition coefficient (Wildman–Crippen LogP) is 3.28. The minimum absolute atomic E-state index is 0.0206. The van der Waals surface area contributed by atoms with Gasteiger partial charge in [-0.15, -0.1) is 0 Å². The van der Waals surface area contributed by atoms with Crippen LogP contribution in [0.5, 0.6) is 0 Å². The molecule has 11 heteroatoms. The van der Waals surface area contributed by atoms with E-state index in [1.807, 2.05) is 0 Å². The van der Waals surface area contributed by atoms with Crippen LogP contribution in [0.2, 0.25) is 5.02 Å². The van der Waals surface area contributed by atoms with Gasteiger partial charge in [-0.3, -0.25) is 14.4 Å². The summed E-state index contributed by atoms with van der Waals surface area (Å²) >= 11 is 6.15. The Morgan fingerprint density at radius 3 is 2.82 bits per heavy atom. The summed E-state index contributed by atoms with van der Waals surface area (Å²) in [5.41, 5.74) is 0.383. The Balaban J connectivity index is 1.72. The molecule has 3 amide bonds. The summed E-state index contributed by atoms with van der Waals surface area (Å²) in [6.07, 6.45) is 5.17.